The molecule has 0 unspecified atom stereocenters. The quantitative estimate of drug-likeness (QED) is 0.744. The van der Waals surface area contributed by atoms with E-state index in [1.165, 1.54) is 25.7 Å². The molecule has 3 nitrogen and oxygen atoms in total. The molecule has 0 bridgehead atoms. The number of hydrogen-bond donors (Lipinski definition) is 1. The van der Waals surface area contributed by atoms with Gasteiger partial charge in [0.25, 0.3) is 0 Å². The lowest BCUT2D eigenvalue weighted by Crippen LogP contribution is -2.41. The third-order valence-electron chi connectivity index (χ3n) is 3.87. The largest absolute Gasteiger partial charge is 0.481 e. The molecule has 0 spiro atoms. The van der Waals surface area contributed by atoms with Crippen molar-refractivity contribution in [1.82, 2.24) is 4.90 Å². The molecule has 1 fully saturated rings. The normalized spacial score (nSPS) is 18.8. The lowest BCUT2D eigenvalue weighted by atomic mass is 9.91. The Balaban J connectivity index is 2.35. The van der Waals surface area contributed by atoms with Gasteiger partial charge >= 0.3 is 5.97 Å². The number of aliphatic carboxylic acids is 1. The smallest absolute Gasteiger partial charge is 0.303 e. The Hall–Kier alpha value is -0.570. The Labute approximate surface area is 105 Å². The van der Waals surface area contributed by atoms with Crippen LogP contribution in [0.25, 0.3) is 0 Å². The van der Waals surface area contributed by atoms with Gasteiger partial charge in [-0.25, -0.2) is 0 Å². The van der Waals surface area contributed by atoms with Gasteiger partial charge in [-0.05, 0) is 44.7 Å². The lowest BCUT2D eigenvalue weighted by Gasteiger charge is -2.37. The predicted octanol–water partition coefficient (Wildman–Crippen LogP) is 3.14. The number of nitrogens with zero attached hydrogens (tertiary/aromatic N) is 1. The van der Waals surface area contributed by atoms with E-state index >= 15 is 0 Å². The third kappa shape index (κ3) is 5.07. The summed E-state index contributed by atoms with van der Waals surface area (Å²) in [6.45, 7) is 6.70. The van der Waals surface area contributed by atoms with Gasteiger partial charge in [-0.15, -0.1) is 0 Å². The lowest BCUT2D eigenvalue weighted by molar-refractivity contribution is -0.138. The number of piperidine rings is 1. The highest BCUT2D eigenvalue weighted by Crippen LogP contribution is 2.24. The van der Waals surface area contributed by atoms with Crippen LogP contribution in [-0.4, -0.2) is 35.1 Å². The maximum absolute atomic E-state index is 10.7. The van der Waals surface area contributed by atoms with Gasteiger partial charge in [0, 0.05) is 12.5 Å². The van der Waals surface area contributed by atoms with E-state index in [1.54, 1.807) is 0 Å². The fourth-order valence-corrected chi connectivity index (χ4v) is 2.95. The molecule has 17 heavy (non-hydrogen) atoms. The third-order valence-corrected chi connectivity index (χ3v) is 3.87. The summed E-state index contributed by atoms with van der Waals surface area (Å²) >= 11 is 0. The van der Waals surface area contributed by atoms with Crippen LogP contribution in [0.3, 0.4) is 0 Å². The fraction of sp³-hybridized carbons (Fsp3) is 0.929. The molecule has 1 saturated heterocycles. The highest BCUT2D eigenvalue weighted by atomic mass is 16.4. The summed E-state index contributed by atoms with van der Waals surface area (Å²) in [6, 6.07) is 0.732. The highest BCUT2D eigenvalue weighted by molar-refractivity contribution is 5.67. The van der Waals surface area contributed by atoms with Crippen molar-refractivity contribution < 1.29 is 9.90 Å². The minimum atomic E-state index is -0.637. The average Bonchev–Trinajstić information content (AvgIpc) is 2.29. The van der Waals surface area contributed by atoms with E-state index in [0.717, 1.165) is 32.0 Å². The van der Waals surface area contributed by atoms with E-state index < -0.39 is 5.97 Å². The number of carboxylic acid groups (broad SMARTS) is 1. The van der Waals surface area contributed by atoms with Crippen molar-refractivity contribution in [1.29, 1.82) is 0 Å². The number of likely N-dealkylation sites (tertiary alicyclic amines) is 1. The maximum Gasteiger partial charge on any atom is 0.303 e. The minimum absolute atomic E-state index is 0.361. The maximum atomic E-state index is 10.7. The topological polar surface area (TPSA) is 40.5 Å². The summed E-state index contributed by atoms with van der Waals surface area (Å²) in [6.07, 6.45) is 7.57. The summed E-state index contributed by atoms with van der Waals surface area (Å²) in [5, 5.41) is 8.80. The summed E-state index contributed by atoms with van der Waals surface area (Å²) in [5.74, 6) is -0.227. The van der Waals surface area contributed by atoms with Gasteiger partial charge < -0.3 is 10.0 Å². The van der Waals surface area contributed by atoms with E-state index in [0.29, 0.717) is 12.3 Å². The van der Waals surface area contributed by atoms with Crippen molar-refractivity contribution >= 4 is 5.97 Å². The Morgan fingerprint density at radius 1 is 1.24 bits per heavy atom. The minimum Gasteiger partial charge on any atom is -0.481 e. The van der Waals surface area contributed by atoms with Gasteiger partial charge in [-0.1, -0.05) is 26.7 Å². The summed E-state index contributed by atoms with van der Waals surface area (Å²) in [7, 11) is 0. The van der Waals surface area contributed by atoms with Crippen molar-refractivity contribution in [3.8, 4) is 0 Å². The van der Waals surface area contributed by atoms with E-state index in [9.17, 15) is 4.79 Å². The van der Waals surface area contributed by atoms with Crippen LogP contribution in [0.5, 0.6) is 0 Å². The van der Waals surface area contributed by atoms with Crippen molar-refractivity contribution in [2.45, 2.75) is 64.8 Å². The van der Waals surface area contributed by atoms with Crippen LogP contribution >= 0.6 is 0 Å². The van der Waals surface area contributed by atoms with Crippen molar-refractivity contribution in [3.63, 3.8) is 0 Å². The van der Waals surface area contributed by atoms with E-state index in [1.807, 2.05) is 0 Å². The number of carboxylic acids is 1. The van der Waals surface area contributed by atoms with Gasteiger partial charge in [0.1, 0.15) is 0 Å². The summed E-state index contributed by atoms with van der Waals surface area (Å²) in [4.78, 5) is 13.3. The van der Waals surface area contributed by atoms with Crippen LogP contribution in [0.15, 0.2) is 0 Å². The first-order chi connectivity index (χ1) is 8.17. The SMILES string of the molecule is CCCC(CCC)N1CCC(CC(=O)O)CC1. The van der Waals surface area contributed by atoms with Crippen molar-refractivity contribution in [2.75, 3.05) is 13.1 Å². The average molecular weight is 241 g/mol. The van der Waals surface area contributed by atoms with Gasteiger partial charge in [-0.2, -0.15) is 0 Å². The Kier molecular flexibility index (Phi) is 6.56. The zero-order valence-electron chi connectivity index (χ0n) is 11.3. The molecule has 0 aromatic carbocycles. The van der Waals surface area contributed by atoms with Crippen LogP contribution in [0.2, 0.25) is 0 Å². The Morgan fingerprint density at radius 3 is 2.18 bits per heavy atom. The first kappa shape index (κ1) is 14.5. The second-order valence-corrected chi connectivity index (χ2v) is 5.31. The van der Waals surface area contributed by atoms with Crippen LogP contribution in [0.4, 0.5) is 0 Å². The molecular formula is C14H27NO2. The predicted molar refractivity (Wildman–Crippen MR) is 70.2 cm³/mol. The molecule has 1 heterocycles. The summed E-state index contributed by atoms with van der Waals surface area (Å²) in [5.41, 5.74) is 0. The van der Waals surface area contributed by atoms with E-state index in [2.05, 4.69) is 18.7 Å². The zero-order chi connectivity index (χ0) is 12.7. The standard InChI is InChI=1S/C14H27NO2/c1-3-5-13(6-4-2)15-9-7-12(8-10-15)11-14(16)17/h12-13H,3-11H2,1-2H3,(H,16,17). The van der Waals surface area contributed by atoms with Crippen LogP contribution in [-0.2, 0) is 4.79 Å². The van der Waals surface area contributed by atoms with Crippen LogP contribution in [0, 0.1) is 5.92 Å². The molecule has 0 saturated carbocycles. The van der Waals surface area contributed by atoms with Gasteiger partial charge in [-0.3, -0.25) is 4.79 Å². The molecule has 0 radical (unpaired) electrons. The van der Waals surface area contributed by atoms with Gasteiger partial charge in [0.2, 0.25) is 0 Å². The monoisotopic (exact) mass is 241 g/mol. The van der Waals surface area contributed by atoms with E-state index in [-0.39, 0.29) is 0 Å². The second kappa shape index (κ2) is 7.70. The Morgan fingerprint density at radius 2 is 1.76 bits per heavy atom. The molecule has 0 aliphatic carbocycles. The fourth-order valence-electron chi connectivity index (χ4n) is 2.95. The van der Waals surface area contributed by atoms with Gasteiger partial charge in [0.05, 0.1) is 0 Å². The molecule has 1 aliphatic rings. The van der Waals surface area contributed by atoms with Crippen molar-refractivity contribution in [2.24, 2.45) is 5.92 Å². The molecule has 3 heteroatoms. The number of hydrogen-bond acceptors (Lipinski definition) is 2. The van der Waals surface area contributed by atoms with Crippen LogP contribution < -0.4 is 0 Å². The molecule has 1 rings (SSSR count). The van der Waals surface area contributed by atoms with Crippen LogP contribution in [0.1, 0.15) is 58.8 Å². The highest BCUT2D eigenvalue weighted by Gasteiger charge is 2.25. The number of rotatable bonds is 7. The first-order valence-electron chi connectivity index (χ1n) is 7.13. The molecule has 0 atom stereocenters. The molecule has 0 aromatic heterocycles. The van der Waals surface area contributed by atoms with E-state index in [4.69, 9.17) is 5.11 Å². The first-order valence-corrected chi connectivity index (χ1v) is 7.13. The molecule has 0 amide bonds. The zero-order valence-corrected chi connectivity index (χ0v) is 11.3. The molecule has 1 N–H and O–H groups in total. The van der Waals surface area contributed by atoms with Gasteiger partial charge in [0.15, 0.2) is 0 Å². The molecule has 0 aromatic rings. The number of carbonyl (C=O) groups is 1. The molecular weight excluding hydrogens is 214 g/mol. The Bertz CT molecular complexity index is 216. The molecule has 1 aliphatic heterocycles. The van der Waals surface area contributed by atoms with Crippen molar-refractivity contribution in [3.05, 3.63) is 0 Å². The molecule has 100 valence electrons. The second-order valence-electron chi connectivity index (χ2n) is 5.31. The summed E-state index contributed by atoms with van der Waals surface area (Å²) < 4.78 is 0.